The number of hydrogen-bond acceptors (Lipinski definition) is 3. The lowest BCUT2D eigenvalue weighted by atomic mass is 10.1. The molecule has 0 aliphatic heterocycles. The molecule has 0 fully saturated rings. The molecule has 1 N–H and O–H groups in total. The molecule has 0 spiro atoms. The Labute approximate surface area is 123 Å². The average molecular weight is 288 g/mol. The number of carbonyl (C=O) groups excluding carboxylic acids is 1. The predicted octanol–water partition coefficient (Wildman–Crippen LogP) is 3.23. The standard InChI is InChI=1S/C16H20N2O3/c1-4-6-15-17-12-9-11(10(3)19)7-8-14(12)18(15)13(5-2)16(20)21/h7-9,13H,4-6H2,1-3H3,(H,20,21). The topological polar surface area (TPSA) is 72.2 Å². The smallest absolute Gasteiger partial charge is 0.326 e. The number of hydrogen-bond donors (Lipinski definition) is 1. The second-order valence-electron chi connectivity index (χ2n) is 5.17. The van der Waals surface area contributed by atoms with E-state index in [4.69, 9.17) is 0 Å². The highest BCUT2D eigenvalue weighted by Crippen LogP contribution is 2.25. The van der Waals surface area contributed by atoms with Gasteiger partial charge in [-0.25, -0.2) is 9.78 Å². The fourth-order valence-electron chi connectivity index (χ4n) is 2.58. The molecule has 21 heavy (non-hydrogen) atoms. The number of rotatable bonds is 6. The molecule has 1 unspecified atom stereocenters. The zero-order valence-corrected chi connectivity index (χ0v) is 12.6. The van der Waals surface area contributed by atoms with Crippen LogP contribution in [0, 0.1) is 0 Å². The summed E-state index contributed by atoms with van der Waals surface area (Å²) in [6, 6.07) is 4.64. The minimum Gasteiger partial charge on any atom is -0.480 e. The van der Waals surface area contributed by atoms with Crippen molar-refractivity contribution in [3.8, 4) is 0 Å². The summed E-state index contributed by atoms with van der Waals surface area (Å²) in [5, 5.41) is 9.44. The van der Waals surface area contributed by atoms with Crippen LogP contribution >= 0.6 is 0 Å². The van der Waals surface area contributed by atoms with E-state index in [1.165, 1.54) is 6.92 Å². The Balaban J connectivity index is 2.68. The summed E-state index contributed by atoms with van der Waals surface area (Å²) in [7, 11) is 0. The summed E-state index contributed by atoms with van der Waals surface area (Å²) >= 11 is 0. The monoisotopic (exact) mass is 288 g/mol. The van der Waals surface area contributed by atoms with Gasteiger partial charge in [-0.3, -0.25) is 4.79 Å². The molecule has 112 valence electrons. The molecule has 0 aliphatic rings. The van der Waals surface area contributed by atoms with E-state index in [9.17, 15) is 14.7 Å². The summed E-state index contributed by atoms with van der Waals surface area (Å²) in [6.07, 6.45) is 2.10. The number of carboxylic acid groups (broad SMARTS) is 1. The number of fused-ring (bicyclic) bond motifs is 1. The van der Waals surface area contributed by atoms with Gasteiger partial charge in [-0.15, -0.1) is 0 Å². The predicted molar refractivity (Wildman–Crippen MR) is 80.7 cm³/mol. The molecule has 5 nitrogen and oxygen atoms in total. The number of nitrogens with zero attached hydrogens (tertiary/aromatic N) is 2. The normalized spacial score (nSPS) is 12.5. The molecule has 5 heteroatoms. The van der Waals surface area contributed by atoms with Gasteiger partial charge in [-0.2, -0.15) is 0 Å². The van der Waals surface area contributed by atoms with E-state index in [1.54, 1.807) is 22.8 Å². The Hall–Kier alpha value is -2.17. The molecule has 1 aromatic carbocycles. The molecule has 0 saturated carbocycles. The largest absolute Gasteiger partial charge is 0.480 e. The minimum atomic E-state index is -0.857. The van der Waals surface area contributed by atoms with Gasteiger partial charge in [0.25, 0.3) is 0 Å². The number of Topliss-reactive ketones (excluding diaryl/α,β-unsaturated/α-hetero) is 1. The summed E-state index contributed by atoms with van der Waals surface area (Å²) in [4.78, 5) is 27.5. The fraction of sp³-hybridized carbons (Fsp3) is 0.438. The first kappa shape index (κ1) is 15.2. The van der Waals surface area contributed by atoms with Crippen molar-refractivity contribution in [2.75, 3.05) is 0 Å². The maximum atomic E-state index is 11.5. The van der Waals surface area contributed by atoms with E-state index in [0.29, 0.717) is 23.9 Å². The first-order valence-electron chi connectivity index (χ1n) is 7.24. The van der Waals surface area contributed by atoms with Crippen LogP contribution in [0.2, 0.25) is 0 Å². The Morgan fingerprint density at radius 1 is 1.33 bits per heavy atom. The van der Waals surface area contributed by atoms with Gasteiger partial charge < -0.3 is 9.67 Å². The van der Waals surface area contributed by atoms with Gasteiger partial charge >= 0.3 is 5.97 Å². The van der Waals surface area contributed by atoms with E-state index in [1.807, 2.05) is 13.8 Å². The van der Waals surface area contributed by atoms with Crippen molar-refractivity contribution >= 4 is 22.8 Å². The van der Waals surface area contributed by atoms with Crippen molar-refractivity contribution in [2.24, 2.45) is 0 Å². The highest BCUT2D eigenvalue weighted by atomic mass is 16.4. The Morgan fingerprint density at radius 3 is 2.57 bits per heavy atom. The van der Waals surface area contributed by atoms with Crippen LogP contribution in [-0.4, -0.2) is 26.4 Å². The van der Waals surface area contributed by atoms with Crippen LogP contribution in [0.4, 0.5) is 0 Å². The van der Waals surface area contributed by atoms with Crippen LogP contribution in [0.25, 0.3) is 11.0 Å². The second-order valence-corrected chi connectivity index (χ2v) is 5.17. The summed E-state index contributed by atoms with van der Waals surface area (Å²) < 4.78 is 1.80. The molecule has 1 atom stereocenters. The number of aliphatic carboxylic acids is 1. The highest BCUT2D eigenvalue weighted by Gasteiger charge is 2.23. The number of benzene rings is 1. The number of aryl methyl sites for hydroxylation is 1. The number of ketones is 1. The van der Waals surface area contributed by atoms with Gasteiger partial charge in [-0.1, -0.05) is 13.8 Å². The first-order chi connectivity index (χ1) is 9.99. The van der Waals surface area contributed by atoms with Gasteiger partial charge in [0, 0.05) is 12.0 Å². The van der Waals surface area contributed by atoms with Crippen LogP contribution in [0.5, 0.6) is 0 Å². The van der Waals surface area contributed by atoms with Crippen molar-refractivity contribution < 1.29 is 14.7 Å². The van der Waals surface area contributed by atoms with Gasteiger partial charge in [0.05, 0.1) is 11.0 Å². The average Bonchev–Trinajstić information content (AvgIpc) is 2.77. The van der Waals surface area contributed by atoms with Crippen LogP contribution in [0.15, 0.2) is 18.2 Å². The number of carboxylic acids is 1. The number of imidazole rings is 1. The molecule has 0 aliphatic carbocycles. The van der Waals surface area contributed by atoms with E-state index in [0.717, 1.165) is 17.8 Å². The second kappa shape index (κ2) is 6.08. The molecular weight excluding hydrogens is 268 g/mol. The van der Waals surface area contributed by atoms with Crippen LogP contribution < -0.4 is 0 Å². The first-order valence-corrected chi connectivity index (χ1v) is 7.24. The molecule has 0 radical (unpaired) electrons. The molecule has 2 aromatic rings. The number of carbonyl (C=O) groups is 2. The third kappa shape index (κ3) is 2.82. The van der Waals surface area contributed by atoms with Crippen molar-refractivity contribution in [1.29, 1.82) is 0 Å². The molecule has 0 bridgehead atoms. The third-order valence-corrected chi connectivity index (χ3v) is 3.63. The van der Waals surface area contributed by atoms with Crippen molar-refractivity contribution in [1.82, 2.24) is 9.55 Å². The van der Waals surface area contributed by atoms with Crippen molar-refractivity contribution in [3.05, 3.63) is 29.6 Å². The Bertz CT molecular complexity index is 688. The lowest BCUT2D eigenvalue weighted by Crippen LogP contribution is -2.20. The quantitative estimate of drug-likeness (QED) is 0.828. The zero-order chi connectivity index (χ0) is 15.6. The van der Waals surface area contributed by atoms with Crippen molar-refractivity contribution in [3.63, 3.8) is 0 Å². The van der Waals surface area contributed by atoms with E-state index in [-0.39, 0.29) is 5.78 Å². The highest BCUT2D eigenvalue weighted by molar-refractivity contribution is 5.97. The summed E-state index contributed by atoms with van der Waals surface area (Å²) in [5.41, 5.74) is 2.06. The van der Waals surface area contributed by atoms with E-state index >= 15 is 0 Å². The minimum absolute atomic E-state index is 0.0197. The molecule has 2 rings (SSSR count). The number of aromatic nitrogens is 2. The molecule has 1 aromatic heterocycles. The lowest BCUT2D eigenvalue weighted by Gasteiger charge is -2.16. The van der Waals surface area contributed by atoms with Gasteiger partial charge in [-0.05, 0) is 38.0 Å². The molecule has 0 saturated heterocycles. The summed E-state index contributed by atoms with van der Waals surface area (Å²) in [6.45, 7) is 5.40. The Kier molecular flexibility index (Phi) is 4.40. The third-order valence-electron chi connectivity index (χ3n) is 3.63. The van der Waals surface area contributed by atoms with E-state index in [2.05, 4.69) is 4.98 Å². The van der Waals surface area contributed by atoms with Gasteiger partial charge in [0.15, 0.2) is 5.78 Å². The zero-order valence-electron chi connectivity index (χ0n) is 12.6. The maximum Gasteiger partial charge on any atom is 0.326 e. The summed E-state index contributed by atoms with van der Waals surface area (Å²) in [5.74, 6) is -0.110. The van der Waals surface area contributed by atoms with Crippen LogP contribution in [0.3, 0.4) is 0 Å². The molecule has 1 heterocycles. The molecular formula is C16H20N2O3. The fourth-order valence-corrected chi connectivity index (χ4v) is 2.58. The van der Waals surface area contributed by atoms with Crippen LogP contribution in [0.1, 0.15) is 55.8 Å². The maximum absolute atomic E-state index is 11.5. The Morgan fingerprint density at radius 2 is 2.05 bits per heavy atom. The SMILES string of the molecule is CCCc1nc2cc(C(C)=O)ccc2n1C(CC)C(=O)O. The van der Waals surface area contributed by atoms with Crippen LogP contribution in [-0.2, 0) is 11.2 Å². The van der Waals surface area contributed by atoms with Crippen molar-refractivity contribution in [2.45, 2.75) is 46.1 Å². The van der Waals surface area contributed by atoms with Gasteiger partial charge in [0.2, 0.25) is 0 Å². The van der Waals surface area contributed by atoms with Gasteiger partial charge in [0.1, 0.15) is 11.9 Å². The lowest BCUT2D eigenvalue weighted by molar-refractivity contribution is -0.140. The van der Waals surface area contributed by atoms with E-state index < -0.39 is 12.0 Å². The molecule has 0 amide bonds.